The minimum absolute atomic E-state index is 0.0331. The fourth-order valence-electron chi connectivity index (χ4n) is 2.05. The number of rotatable bonds is 11. The Bertz CT molecular complexity index is 316. The summed E-state index contributed by atoms with van der Waals surface area (Å²) in [4.78, 5) is 16.2. The van der Waals surface area contributed by atoms with Crippen molar-refractivity contribution in [1.82, 2.24) is 16.0 Å². The Morgan fingerprint density at radius 1 is 1.05 bits per heavy atom. The van der Waals surface area contributed by atoms with Crippen molar-refractivity contribution in [3.8, 4) is 0 Å². The molecule has 0 saturated carbocycles. The van der Waals surface area contributed by atoms with E-state index in [1.54, 1.807) is 0 Å². The van der Waals surface area contributed by atoms with Crippen molar-refractivity contribution in [3.05, 3.63) is 0 Å². The molecule has 5 nitrogen and oxygen atoms in total. The van der Waals surface area contributed by atoms with Crippen molar-refractivity contribution in [2.75, 3.05) is 26.2 Å². The molecule has 0 rings (SSSR count). The largest absolute Gasteiger partial charge is 0.357 e. The standard InChI is InChI=1S/C17H36N4O/c1-6-9-10-15(7-2)13-21-17(18-8-3)20-12-11-19-16(22)14(4)5/h14-15H,6-13H2,1-5H3,(H,19,22)(H2,18,20,21). The van der Waals surface area contributed by atoms with Gasteiger partial charge >= 0.3 is 0 Å². The highest BCUT2D eigenvalue weighted by Crippen LogP contribution is 2.12. The molecular formula is C17H36N4O. The molecule has 0 heterocycles. The van der Waals surface area contributed by atoms with E-state index in [9.17, 15) is 4.79 Å². The normalized spacial score (nSPS) is 13.1. The highest BCUT2D eigenvalue weighted by atomic mass is 16.1. The lowest BCUT2D eigenvalue weighted by Gasteiger charge is -2.15. The van der Waals surface area contributed by atoms with E-state index >= 15 is 0 Å². The fraction of sp³-hybridized carbons (Fsp3) is 0.882. The van der Waals surface area contributed by atoms with E-state index in [1.165, 1.54) is 25.7 Å². The number of aliphatic imine (C=N–C) groups is 1. The molecule has 1 amide bonds. The highest BCUT2D eigenvalue weighted by molar-refractivity contribution is 5.80. The van der Waals surface area contributed by atoms with Crippen LogP contribution in [0, 0.1) is 11.8 Å². The van der Waals surface area contributed by atoms with Crippen molar-refractivity contribution in [3.63, 3.8) is 0 Å². The lowest BCUT2D eigenvalue weighted by atomic mass is 10.00. The lowest BCUT2D eigenvalue weighted by molar-refractivity contribution is -0.123. The molecule has 0 fully saturated rings. The Kier molecular flexibility index (Phi) is 12.6. The van der Waals surface area contributed by atoms with Gasteiger partial charge in [0.25, 0.3) is 0 Å². The summed E-state index contributed by atoms with van der Waals surface area (Å²) in [5.41, 5.74) is 0. The first-order chi connectivity index (χ1) is 10.5. The van der Waals surface area contributed by atoms with Crippen LogP contribution in [0.2, 0.25) is 0 Å². The molecule has 0 aliphatic rings. The molecule has 1 atom stereocenters. The van der Waals surface area contributed by atoms with Crippen LogP contribution in [0.15, 0.2) is 4.99 Å². The summed E-state index contributed by atoms with van der Waals surface area (Å²) in [6.45, 7) is 13.3. The molecule has 0 spiro atoms. The summed E-state index contributed by atoms with van der Waals surface area (Å²) in [6.07, 6.45) is 4.95. The van der Waals surface area contributed by atoms with Gasteiger partial charge in [-0.25, -0.2) is 0 Å². The van der Waals surface area contributed by atoms with Crippen LogP contribution < -0.4 is 16.0 Å². The Hall–Kier alpha value is -1.26. The zero-order chi connectivity index (χ0) is 16.8. The van der Waals surface area contributed by atoms with E-state index in [0.29, 0.717) is 19.0 Å². The summed E-state index contributed by atoms with van der Waals surface area (Å²) in [5.74, 6) is 1.63. The minimum Gasteiger partial charge on any atom is -0.357 e. The number of carbonyl (C=O) groups is 1. The van der Waals surface area contributed by atoms with Crippen molar-refractivity contribution in [2.45, 2.75) is 60.3 Å². The third-order valence-corrected chi connectivity index (χ3v) is 3.64. The second kappa shape index (κ2) is 13.4. The van der Waals surface area contributed by atoms with Crippen LogP contribution in [0.3, 0.4) is 0 Å². The van der Waals surface area contributed by atoms with Gasteiger partial charge in [-0.15, -0.1) is 0 Å². The van der Waals surface area contributed by atoms with Crippen LogP contribution in [0.25, 0.3) is 0 Å². The quantitative estimate of drug-likeness (QED) is 0.312. The predicted octanol–water partition coefficient (Wildman–Crippen LogP) is 2.53. The lowest BCUT2D eigenvalue weighted by Crippen LogP contribution is -2.42. The van der Waals surface area contributed by atoms with Crippen LogP contribution in [-0.4, -0.2) is 38.0 Å². The maximum absolute atomic E-state index is 11.5. The maximum atomic E-state index is 11.5. The molecule has 0 radical (unpaired) electrons. The summed E-state index contributed by atoms with van der Waals surface area (Å²) >= 11 is 0. The number of nitrogens with zero attached hydrogens (tertiary/aromatic N) is 1. The second-order valence-electron chi connectivity index (χ2n) is 6.01. The maximum Gasteiger partial charge on any atom is 0.222 e. The van der Waals surface area contributed by atoms with Gasteiger partial charge in [0.1, 0.15) is 0 Å². The predicted molar refractivity (Wildman–Crippen MR) is 95.1 cm³/mol. The second-order valence-corrected chi connectivity index (χ2v) is 6.01. The number of unbranched alkanes of at least 4 members (excludes halogenated alkanes) is 1. The monoisotopic (exact) mass is 312 g/mol. The highest BCUT2D eigenvalue weighted by Gasteiger charge is 2.07. The van der Waals surface area contributed by atoms with Gasteiger partial charge in [0.05, 0.1) is 0 Å². The molecule has 0 aromatic rings. The van der Waals surface area contributed by atoms with Gasteiger partial charge < -0.3 is 16.0 Å². The van der Waals surface area contributed by atoms with E-state index in [2.05, 4.69) is 41.7 Å². The number of guanidine groups is 1. The summed E-state index contributed by atoms with van der Waals surface area (Å²) in [6, 6.07) is 0. The van der Waals surface area contributed by atoms with Crippen molar-refractivity contribution < 1.29 is 4.79 Å². The first-order valence-electron chi connectivity index (χ1n) is 8.84. The molecule has 1 unspecified atom stereocenters. The first kappa shape index (κ1) is 20.7. The Labute approximate surface area is 136 Å². The number of hydrogen-bond acceptors (Lipinski definition) is 2. The zero-order valence-corrected chi connectivity index (χ0v) is 15.2. The molecule has 0 aromatic heterocycles. The van der Waals surface area contributed by atoms with Gasteiger partial charge in [0, 0.05) is 32.1 Å². The van der Waals surface area contributed by atoms with Gasteiger partial charge in [-0.1, -0.05) is 47.0 Å². The number of carbonyl (C=O) groups excluding carboxylic acids is 1. The van der Waals surface area contributed by atoms with Crippen molar-refractivity contribution in [2.24, 2.45) is 16.8 Å². The van der Waals surface area contributed by atoms with E-state index in [1.807, 2.05) is 13.8 Å². The van der Waals surface area contributed by atoms with Gasteiger partial charge in [-0.05, 0) is 19.3 Å². The number of hydrogen-bond donors (Lipinski definition) is 3. The van der Waals surface area contributed by atoms with Crippen LogP contribution >= 0.6 is 0 Å². The molecular weight excluding hydrogens is 276 g/mol. The summed E-state index contributed by atoms with van der Waals surface area (Å²) in [7, 11) is 0. The number of nitrogens with one attached hydrogen (secondary N) is 3. The fourth-order valence-corrected chi connectivity index (χ4v) is 2.05. The Morgan fingerprint density at radius 2 is 1.73 bits per heavy atom. The van der Waals surface area contributed by atoms with Crippen LogP contribution in [0.4, 0.5) is 0 Å². The molecule has 130 valence electrons. The molecule has 0 aromatic carbocycles. The molecule has 5 heteroatoms. The third-order valence-electron chi connectivity index (χ3n) is 3.64. The van der Waals surface area contributed by atoms with Crippen LogP contribution in [0.1, 0.15) is 60.3 Å². The van der Waals surface area contributed by atoms with Gasteiger partial charge in [-0.2, -0.15) is 0 Å². The molecule has 0 saturated heterocycles. The third kappa shape index (κ3) is 10.5. The molecule has 0 aliphatic heterocycles. The van der Waals surface area contributed by atoms with E-state index in [4.69, 9.17) is 0 Å². The average molecular weight is 313 g/mol. The number of amides is 1. The van der Waals surface area contributed by atoms with Crippen molar-refractivity contribution in [1.29, 1.82) is 0 Å². The average Bonchev–Trinajstić information content (AvgIpc) is 2.50. The minimum atomic E-state index is 0.0331. The van der Waals surface area contributed by atoms with Gasteiger partial charge in [-0.3, -0.25) is 9.79 Å². The first-order valence-corrected chi connectivity index (χ1v) is 8.84. The smallest absolute Gasteiger partial charge is 0.222 e. The molecule has 3 N–H and O–H groups in total. The van der Waals surface area contributed by atoms with Crippen LogP contribution in [0.5, 0.6) is 0 Å². The summed E-state index contributed by atoms with van der Waals surface area (Å²) in [5, 5.41) is 9.43. The van der Waals surface area contributed by atoms with E-state index < -0.39 is 0 Å². The molecule has 22 heavy (non-hydrogen) atoms. The summed E-state index contributed by atoms with van der Waals surface area (Å²) < 4.78 is 0. The van der Waals surface area contributed by atoms with E-state index in [-0.39, 0.29) is 11.8 Å². The van der Waals surface area contributed by atoms with Crippen LogP contribution in [-0.2, 0) is 4.79 Å². The van der Waals surface area contributed by atoms with Gasteiger partial charge in [0.2, 0.25) is 5.91 Å². The SMILES string of the molecule is CCCCC(CC)CN=C(NCC)NCCNC(=O)C(C)C. The molecule has 0 aliphatic carbocycles. The van der Waals surface area contributed by atoms with Gasteiger partial charge in [0.15, 0.2) is 5.96 Å². The topological polar surface area (TPSA) is 65.5 Å². The Morgan fingerprint density at radius 3 is 2.27 bits per heavy atom. The zero-order valence-electron chi connectivity index (χ0n) is 15.2. The van der Waals surface area contributed by atoms with Crippen molar-refractivity contribution >= 4 is 11.9 Å². The van der Waals surface area contributed by atoms with E-state index in [0.717, 1.165) is 19.0 Å². The Balaban J connectivity index is 4.16. The molecule has 0 bridgehead atoms.